The van der Waals surface area contributed by atoms with Crippen LogP contribution in [0.5, 0.6) is 5.75 Å². The van der Waals surface area contributed by atoms with Gasteiger partial charge in [-0.05, 0) is 51.7 Å². The van der Waals surface area contributed by atoms with Gasteiger partial charge in [-0.2, -0.15) is 0 Å². The highest BCUT2D eigenvalue weighted by Gasteiger charge is 2.37. The number of hydrogen-bond donors (Lipinski definition) is 0. The molecule has 1 saturated heterocycles. The lowest BCUT2D eigenvalue weighted by Gasteiger charge is -2.21. The first-order chi connectivity index (χ1) is 14.1. The standard InChI is InChI=1S/C23H30O6/c1-4-26-18-12-8-10-16-17(21(27-5-2)22(20(16)18)28-6-3)11-7-9-15-13-14-19(24)29-23(15)25/h8,10,12,15,17H,4-7,9,11,13-14H2,1-3H3. The number of benzene rings is 1. The highest BCUT2D eigenvalue weighted by Crippen LogP contribution is 2.49. The molecule has 2 aliphatic rings. The maximum absolute atomic E-state index is 11.9. The third-order valence-corrected chi connectivity index (χ3v) is 5.38. The summed E-state index contributed by atoms with van der Waals surface area (Å²) >= 11 is 0. The lowest BCUT2D eigenvalue weighted by molar-refractivity contribution is -0.167. The van der Waals surface area contributed by atoms with Crippen molar-refractivity contribution in [3.8, 4) is 5.75 Å². The molecule has 3 rings (SSSR count). The van der Waals surface area contributed by atoms with Gasteiger partial charge in [-0.25, -0.2) is 0 Å². The lowest BCUT2D eigenvalue weighted by atomic mass is 9.89. The molecule has 0 amide bonds. The first-order valence-corrected chi connectivity index (χ1v) is 10.6. The van der Waals surface area contributed by atoms with E-state index in [1.54, 1.807) is 0 Å². The van der Waals surface area contributed by atoms with Gasteiger partial charge in [0.1, 0.15) is 11.5 Å². The molecule has 0 spiro atoms. The van der Waals surface area contributed by atoms with Crippen molar-refractivity contribution in [3.63, 3.8) is 0 Å². The van der Waals surface area contributed by atoms with E-state index in [1.165, 1.54) is 0 Å². The highest BCUT2D eigenvalue weighted by molar-refractivity contribution is 5.89. The van der Waals surface area contributed by atoms with E-state index in [0.29, 0.717) is 39.1 Å². The van der Waals surface area contributed by atoms with Crippen LogP contribution in [0.15, 0.2) is 24.0 Å². The van der Waals surface area contributed by atoms with Crippen LogP contribution in [0, 0.1) is 5.92 Å². The fraction of sp³-hybridized carbons (Fsp3) is 0.565. The minimum absolute atomic E-state index is 0.0631. The Bertz CT molecular complexity index is 782. The Hall–Kier alpha value is -2.50. The Labute approximate surface area is 172 Å². The summed E-state index contributed by atoms with van der Waals surface area (Å²) < 4.78 is 22.7. The number of hydrogen-bond acceptors (Lipinski definition) is 6. The predicted octanol–water partition coefficient (Wildman–Crippen LogP) is 4.57. The Morgan fingerprint density at radius 2 is 1.76 bits per heavy atom. The van der Waals surface area contributed by atoms with Crippen LogP contribution in [-0.2, 0) is 23.8 Å². The van der Waals surface area contributed by atoms with Crippen LogP contribution in [0.25, 0.3) is 5.76 Å². The van der Waals surface area contributed by atoms with Crippen molar-refractivity contribution in [2.24, 2.45) is 5.92 Å². The summed E-state index contributed by atoms with van der Waals surface area (Å²) in [5.41, 5.74) is 2.12. The van der Waals surface area contributed by atoms with E-state index < -0.39 is 5.97 Å². The predicted molar refractivity (Wildman–Crippen MR) is 108 cm³/mol. The quantitative estimate of drug-likeness (QED) is 0.422. The molecule has 1 aliphatic heterocycles. The van der Waals surface area contributed by atoms with Gasteiger partial charge in [-0.1, -0.05) is 18.6 Å². The Kier molecular flexibility index (Phi) is 7.18. The third-order valence-electron chi connectivity index (χ3n) is 5.38. The molecular formula is C23H30O6. The average Bonchev–Trinajstić information content (AvgIpc) is 2.98. The van der Waals surface area contributed by atoms with Gasteiger partial charge in [0, 0.05) is 12.3 Å². The summed E-state index contributed by atoms with van der Waals surface area (Å²) in [6, 6.07) is 6.06. The zero-order valence-corrected chi connectivity index (χ0v) is 17.5. The smallest absolute Gasteiger partial charge is 0.316 e. The highest BCUT2D eigenvalue weighted by atomic mass is 16.6. The van der Waals surface area contributed by atoms with Crippen molar-refractivity contribution < 1.29 is 28.5 Å². The fourth-order valence-electron chi connectivity index (χ4n) is 4.16. The summed E-state index contributed by atoms with van der Waals surface area (Å²) in [5, 5.41) is 0. The molecule has 6 nitrogen and oxygen atoms in total. The van der Waals surface area contributed by atoms with Crippen molar-refractivity contribution in [2.75, 3.05) is 19.8 Å². The SMILES string of the molecule is CCOC1=C(OCC)C(CCCC2CCC(=O)OC2=O)c2cccc(OCC)c21. The minimum atomic E-state index is -0.414. The van der Waals surface area contributed by atoms with Crippen LogP contribution in [0.2, 0.25) is 0 Å². The van der Waals surface area contributed by atoms with E-state index in [-0.39, 0.29) is 17.8 Å². The molecule has 0 aromatic heterocycles. The van der Waals surface area contributed by atoms with Gasteiger partial charge in [0.05, 0.1) is 31.3 Å². The summed E-state index contributed by atoms with van der Waals surface area (Å²) in [5.74, 6) is 1.48. The Morgan fingerprint density at radius 1 is 1.00 bits per heavy atom. The van der Waals surface area contributed by atoms with E-state index >= 15 is 0 Å². The Morgan fingerprint density at radius 3 is 2.45 bits per heavy atom. The van der Waals surface area contributed by atoms with E-state index in [0.717, 1.165) is 41.2 Å². The van der Waals surface area contributed by atoms with E-state index in [4.69, 9.17) is 18.9 Å². The molecule has 2 unspecified atom stereocenters. The number of carbonyl (C=O) groups is 2. The van der Waals surface area contributed by atoms with E-state index in [9.17, 15) is 9.59 Å². The number of fused-ring (bicyclic) bond motifs is 1. The number of cyclic esters (lactones) is 2. The summed E-state index contributed by atoms with van der Waals surface area (Å²) in [7, 11) is 0. The normalized spacial score (nSPS) is 21.1. The van der Waals surface area contributed by atoms with Gasteiger partial charge in [0.15, 0.2) is 5.76 Å². The van der Waals surface area contributed by atoms with Gasteiger partial charge in [0.25, 0.3) is 0 Å². The molecule has 1 heterocycles. The Balaban J connectivity index is 1.80. The van der Waals surface area contributed by atoms with Crippen molar-refractivity contribution in [3.05, 3.63) is 35.1 Å². The van der Waals surface area contributed by atoms with Crippen LogP contribution in [0.4, 0.5) is 0 Å². The molecule has 6 heteroatoms. The number of carbonyl (C=O) groups excluding carboxylic acids is 2. The van der Waals surface area contributed by atoms with Crippen LogP contribution in [0.3, 0.4) is 0 Å². The van der Waals surface area contributed by atoms with Gasteiger partial charge in [-0.15, -0.1) is 0 Å². The molecule has 0 radical (unpaired) electrons. The van der Waals surface area contributed by atoms with Gasteiger partial charge < -0.3 is 18.9 Å². The molecule has 1 aromatic carbocycles. The van der Waals surface area contributed by atoms with Crippen LogP contribution in [-0.4, -0.2) is 31.8 Å². The molecule has 0 bridgehead atoms. The first kappa shape index (κ1) is 21.2. The zero-order chi connectivity index (χ0) is 20.8. The second kappa shape index (κ2) is 9.81. The maximum Gasteiger partial charge on any atom is 0.316 e. The molecular weight excluding hydrogens is 372 g/mol. The van der Waals surface area contributed by atoms with Crippen LogP contribution >= 0.6 is 0 Å². The monoisotopic (exact) mass is 402 g/mol. The van der Waals surface area contributed by atoms with Crippen molar-refractivity contribution in [1.29, 1.82) is 0 Å². The second-order valence-corrected chi connectivity index (χ2v) is 7.22. The summed E-state index contributed by atoms with van der Waals surface area (Å²) in [4.78, 5) is 23.2. The topological polar surface area (TPSA) is 71.1 Å². The molecule has 29 heavy (non-hydrogen) atoms. The summed E-state index contributed by atoms with van der Waals surface area (Å²) in [6.45, 7) is 7.57. The molecule has 1 fully saturated rings. The van der Waals surface area contributed by atoms with E-state index in [1.807, 2.05) is 32.9 Å². The van der Waals surface area contributed by atoms with Gasteiger partial charge >= 0.3 is 11.9 Å². The molecule has 158 valence electrons. The zero-order valence-electron chi connectivity index (χ0n) is 17.5. The first-order valence-electron chi connectivity index (χ1n) is 10.6. The second-order valence-electron chi connectivity index (χ2n) is 7.22. The van der Waals surface area contributed by atoms with Crippen molar-refractivity contribution in [1.82, 2.24) is 0 Å². The minimum Gasteiger partial charge on any atom is -0.494 e. The largest absolute Gasteiger partial charge is 0.494 e. The van der Waals surface area contributed by atoms with E-state index in [2.05, 4.69) is 6.07 Å². The van der Waals surface area contributed by atoms with Crippen LogP contribution < -0.4 is 4.74 Å². The summed E-state index contributed by atoms with van der Waals surface area (Å²) in [6.07, 6.45) is 3.25. The van der Waals surface area contributed by atoms with Gasteiger partial charge in [0.2, 0.25) is 0 Å². The lowest BCUT2D eigenvalue weighted by Crippen LogP contribution is -2.27. The molecule has 0 saturated carbocycles. The molecule has 0 N–H and O–H groups in total. The number of esters is 2. The fourth-order valence-corrected chi connectivity index (χ4v) is 4.16. The van der Waals surface area contributed by atoms with Crippen LogP contribution in [0.1, 0.15) is 69.9 Å². The molecule has 1 aromatic rings. The number of ether oxygens (including phenoxy) is 4. The van der Waals surface area contributed by atoms with Crippen molar-refractivity contribution >= 4 is 17.7 Å². The number of allylic oxidation sites excluding steroid dienone is 1. The van der Waals surface area contributed by atoms with Gasteiger partial charge in [-0.3, -0.25) is 9.59 Å². The molecule has 1 aliphatic carbocycles. The molecule has 2 atom stereocenters. The van der Waals surface area contributed by atoms with Crippen molar-refractivity contribution in [2.45, 2.75) is 58.8 Å². The maximum atomic E-state index is 11.9. The third kappa shape index (κ3) is 4.57. The average molecular weight is 402 g/mol. The number of rotatable bonds is 10.